The molecule has 0 aliphatic rings. The Kier molecular flexibility index (Phi) is 5.75. The Morgan fingerprint density at radius 2 is 2.12 bits per heavy atom. The predicted molar refractivity (Wildman–Crippen MR) is 71.7 cm³/mol. The molecule has 96 valence electrons. The van der Waals surface area contributed by atoms with Gasteiger partial charge in [-0.3, -0.25) is 0 Å². The Bertz CT molecular complexity index is 355. The topological polar surface area (TPSA) is 43.7 Å². The van der Waals surface area contributed by atoms with Gasteiger partial charge < -0.3 is 15.1 Å². The van der Waals surface area contributed by atoms with Crippen molar-refractivity contribution in [2.75, 3.05) is 24.6 Å². The Morgan fingerprint density at radius 1 is 1.41 bits per heavy atom. The van der Waals surface area contributed by atoms with E-state index in [4.69, 9.17) is 16.7 Å². The van der Waals surface area contributed by atoms with Gasteiger partial charge in [-0.05, 0) is 38.0 Å². The number of halogens is 1. The lowest BCUT2D eigenvalue weighted by atomic mass is 10.1. The van der Waals surface area contributed by atoms with Crippen LogP contribution in [0.25, 0.3) is 0 Å². The standard InChI is InChI=1S/C13H20ClNO2/c1-3-15(7-4-8-16)13-6-5-11(10(2)17)9-12(13)14/h5-6,9-10,16-17H,3-4,7-8H2,1-2H3. The molecule has 0 amide bonds. The van der Waals surface area contributed by atoms with Crippen molar-refractivity contribution in [2.45, 2.75) is 26.4 Å². The molecule has 2 N–H and O–H groups in total. The summed E-state index contributed by atoms with van der Waals surface area (Å²) in [7, 11) is 0. The molecule has 1 aromatic rings. The van der Waals surface area contributed by atoms with Crippen molar-refractivity contribution in [2.24, 2.45) is 0 Å². The minimum atomic E-state index is -0.505. The molecule has 1 aromatic carbocycles. The molecular formula is C13H20ClNO2. The first-order valence-electron chi connectivity index (χ1n) is 5.93. The maximum Gasteiger partial charge on any atom is 0.0762 e. The second-order valence-corrected chi connectivity index (χ2v) is 4.45. The summed E-state index contributed by atoms with van der Waals surface area (Å²) in [4.78, 5) is 2.12. The molecule has 0 heterocycles. The average Bonchev–Trinajstić information content (AvgIpc) is 2.31. The van der Waals surface area contributed by atoms with Crippen molar-refractivity contribution in [3.8, 4) is 0 Å². The van der Waals surface area contributed by atoms with Gasteiger partial charge in [0, 0.05) is 19.7 Å². The third kappa shape index (κ3) is 3.87. The quantitative estimate of drug-likeness (QED) is 0.823. The molecule has 1 unspecified atom stereocenters. The summed E-state index contributed by atoms with van der Waals surface area (Å²) in [5.74, 6) is 0. The molecule has 0 aliphatic carbocycles. The third-order valence-electron chi connectivity index (χ3n) is 2.76. The van der Waals surface area contributed by atoms with E-state index in [0.29, 0.717) is 5.02 Å². The fourth-order valence-corrected chi connectivity index (χ4v) is 2.06. The number of hydrogen-bond acceptors (Lipinski definition) is 3. The highest BCUT2D eigenvalue weighted by Crippen LogP contribution is 2.29. The van der Waals surface area contributed by atoms with Gasteiger partial charge in [-0.25, -0.2) is 0 Å². The van der Waals surface area contributed by atoms with Crippen LogP contribution in [0.5, 0.6) is 0 Å². The first kappa shape index (κ1) is 14.3. The third-order valence-corrected chi connectivity index (χ3v) is 3.07. The number of aliphatic hydroxyl groups excluding tert-OH is 2. The molecule has 0 spiro atoms. The molecule has 0 aliphatic heterocycles. The van der Waals surface area contributed by atoms with Crippen molar-refractivity contribution in [1.29, 1.82) is 0 Å². The summed E-state index contributed by atoms with van der Waals surface area (Å²) in [6, 6.07) is 5.60. The van der Waals surface area contributed by atoms with Crippen LogP contribution in [0.3, 0.4) is 0 Å². The van der Waals surface area contributed by atoms with Crippen LogP contribution in [0, 0.1) is 0 Å². The first-order valence-corrected chi connectivity index (χ1v) is 6.31. The smallest absolute Gasteiger partial charge is 0.0762 e. The zero-order valence-corrected chi connectivity index (χ0v) is 11.1. The molecule has 4 heteroatoms. The van der Waals surface area contributed by atoms with E-state index in [2.05, 4.69) is 11.8 Å². The van der Waals surface area contributed by atoms with Crippen LogP contribution in [-0.2, 0) is 0 Å². The lowest BCUT2D eigenvalue weighted by Crippen LogP contribution is -2.24. The molecule has 0 radical (unpaired) electrons. The van der Waals surface area contributed by atoms with E-state index in [-0.39, 0.29) is 6.61 Å². The van der Waals surface area contributed by atoms with E-state index >= 15 is 0 Å². The van der Waals surface area contributed by atoms with E-state index in [9.17, 15) is 5.11 Å². The number of rotatable bonds is 6. The Labute approximate surface area is 108 Å². The van der Waals surface area contributed by atoms with Gasteiger partial charge >= 0.3 is 0 Å². The van der Waals surface area contributed by atoms with Crippen LogP contribution in [0.15, 0.2) is 18.2 Å². The van der Waals surface area contributed by atoms with Crippen LogP contribution < -0.4 is 4.90 Å². The Morgan fingerprint density at radius 3 is 2.59 bits per heavy atom. The highest BCUT2D eigenvalue weighted by molar-refractivity contribution is 6.33. The molecule has 17 heavy (non-hydrogen) atoms. The van der Waals surface area contributed by atoms with Gasteiger partial charge in [-0.1, -0.05) is 17.7 Å². The van der Waals surface area contributed by atoms with E-state index in [0.717, 1.165) is 30.8 Å². The number of anilines is 1. The fraction of sp³-hybridized carbons (Fsp3) is 0.538. The van der Waals surface area contributed by atoms with Crippen molar-refractivity contribution >= 4 is 17.3 Å². The van der Waals surface area contributed by atoms with Crippen LogP contribution in [0.1, 0.15) is 31.9 Å². The molecule has 1 atom stereocenters. The van der Waals surface area contributed by atoms with E-state index in [1.807, 2.05) is 12.1 Å². The largest absolute Gasteiger partial charge is 0.396 e. The van der Waals surface area contributed by atoms with Crippen molar-refractivity contribution in [3.05, 3.63) is 28.8 Å². The maximum absolute atomic E-state index is 9.47. The normalized spacial score (nSPS) is 12.5. The summed E-state index contributed by atoms with van der Waals surface area (Å²) in [6.45, 7) is 5.57. The lowest BCUT2D eigenvalue weighted by Gasteiger charge is -2.24. The summed E-state index contributed by atoms with van der Waals surface area (Å²) in [5.41, 5.74) is 1.77. The first-order chi connectivity index (χ1) is 8.10. The summed E-state index contributed by atoms with van der Waals surface area (Å²) in [5, 5.41) is 19.0. The second-order valence-electron chi connectivity index (χ2n) is 4.04. The van der Waals surface area contributed by atoms with Gasteiger partial charge in [0.15, 0.2) is 0 Å². The summed E-state index contributed by atoms with van der Waals surface area (Å²) >= 11 is 6.21. The number of hydrogen-bond donors (Lipinski definition) is 2. The van der Waals surface area contributed by atoms with Gasteiger partial charge in [0.1, 0.15) is 0 Å². The van der Waals surface area contributed by atoms with Gasteiger partial charge in [-0.2, -0.15) is 0 Å². The van der Waals surface area contributed by atoms with E-state index in [1.165, 1.54) is 0 Å². The van der Waals surface area contributed by atoms with Crippen LogP contribution >= 0.6 is 11.6 Å². The minimum Gasteiger partial charge on any atom is -0.396 e. The molecule has 1 rings (SSSR count). The molecular weight excluding hydrogens is 238 g/mol. The lowest BCUT2D eigenvalue weighted by molar-refractivity contribution is 0.199. The average molecular weight is 258 g/mol. The zero-order chi connectivity index (χ0) is 12.8. The molecule has 0 fully saturated rings. The summed E-state index contributed by atoms with van der Waals surface area (Å²) in [6.07, 6.45) is 0.219. The van der Waals surface area contributed by atoms with Gasteiger partial charge in [0.25, 0.3) is 0 Å². The van der Waals surface area contributed by atoms with E-state index in [1.54, 1.807) is 13.0 Å². The predicted octanol–water partition coefficient (Wildman–Crippen LogP) is 2.60. The van der Waals surface area contributed by atoms with E-state index < -0.39 is 6.10 Å². The number of aliphatic hydroxyl groups is 2. The Balaban J connectivity index is 2.88. The number of benzene rings is 1. The molecule has 0 saturated heterocycles. The van der Waals surface area contributed by atoms with Crippen LogP contribution in [0.2, 0.25) is 5.02 Å². The van der Waals surface area contributed by atoms with Gasteiger partial charge in [-0.15, -0.1) is 0 Å². The van der Waals surface area contributed by atoms with Crippen molar-refractivity contribution < 1.29 is 10.2 Å². The van der Waals surface area contributed by atoms with Crippen LogP contribution in [0.4, 0.5) is 5.69 Å². The molecule has 0 saturated carbocycles. The van der Waals surface area contributed by atoms with Crippen molar-refractivity contribution in [1.82, 2.24) is 0 Å². The van der Waals surface area contributed by atoms with Gasteiger partial charge in [0.2, 0.25) is 0 Å². The Hall–Kier alpha value is -0.770. The maximum atomic E-state index is 9.47. The van der Waals surface area contributed by atoms with Crippen LogP contribution in [-0.4, -0.2) is 29.9 Å². The number of nitrogens with zero attached hydrogens (tertiary/aromatic N) is 1. The summed E-state index contributed by atoms with van der Waals surface area (Å²) < 4.78 is 0. The zero-order valence-electron chi connectivity index (χ0n) is 10.4. The molecule has 3 nitrogen and oxygen atoms in total. The highest BCUT2D eigenvalue weighted by Gasteiger charge is 2.10. The minimum absolute atomic E-state index is 0.180. The monoisotopic (exact) mass is 257 g/mol. The van der Waals surface area contributed by atoms with Crippen molar-refractivity contribution in [3.63, 3.8) is 0 Å². The fourth-order valence-electron chi connectivity index (χ4n) is 1.75. The molecule has 0 bridgehead atoms. The van der Waals surface area contributed by atoms with Gasteiger partial charge in [0.05, 0.1) is 16.8 Å². The SMILES string of the molecule is CCN(CCCO)c1ccc(C(C)O)cc1Cl. The highest BCUT2D eigenvalue weighted by atomic mass is 35.5. The molecule has 0 aromatic heterocycles. The second kappa shape index (κ2) is 6.84.